The van der Waals surface area contributed by atoms with E-state index in [4.69, 9.17) is 5.21 Å². The molecule has 25 heavy (non-hydrogen) atoms. The lowest BCUT2D eigenvalue weighted by Gasteiger charge is -2.14. The van der Waals surface area contributed by atoms with Crippen LogP contribution < -0.4 is 0 Å². The minimum Gasteiger partial charge on any atom is -0.410 e. The molecule has 1 unspecified atom stereocenters. The van der Waals surface area contributed by atoms with Gasteiger partial charge >= 0.3 is 21.5 Å². The van der Waals surface area contributed by atoms with Gasteiger partial charge in [0, 0.05) is 12.0 Å². The first-order valence-corrected chi connectivity index (χ1v) is 7.48. The fraction of sp³-hybridized carbons (Fsp3) is 0.444. The molecule has 15 nitrogen and oxygen atoms in total. The monoisotopic (exact) mass is 382 g/mol. The van der Waals surface area contributed by atoms with E-state index in [0.29, 0.717) is 0 Å². The maximum Gasteiger partial charge on any atom is 0.329 e. The predicted molar refractivity (Wildman–Crippen MR) is 75.8 cm³/mol. The summed E-state index contributed by atoms with van der Waals surface area (Å²) in [5, 5.41) is 44.4. The van der Waals surface area contributed by atoms with Crippen molar-refractivity contribution in [1.29, 1.82) is 0 Å². The van der Waals surface area contributed by atoms with E-state index in [1.54, 1.807) is 0 Å². The van der Waals surface area contributed by atoms with Crippen molar-refractivity contribution in [1.82, 2.24) is 0 Å². The third kappa shape index (κ3) is 4.11. The second kappa shape index (κ2) is 7.73. The van der Waals surface area contributed by atoms with E-state index in [1.807, 2.05) is 0 Å². The number of nitrogens with zero attached hydrogens (tertiary/aromatic N) is 4. The van der Waals surface area contributed by atoms with E-state index in [-0.39, 0.29) is 12.7 Å². The molecular weight excluding hydrogens is 372 g/mol. The Morgan fingerprint density at radius 2 is 1.80 bits per heavy atom. The van der Waals surface area contributed by atoms with Crippen LogP contribution in [0.3, 0.4) is 0 Å². The van der Waals surface area contributed by atoms with Gasteiger partial charge < -0.3 is 9.94 Å². The molecule has 1 atom stereocenters. The molecule has 0 aromatic rings. The number of rotatable bonds is 8. The van der Waals surface area contributed by atoms with Crippen molar-refractivity contribution >= 4 is 15.8 Å². The number of methoxy groups -OCH3 is 1. The van der Waals surface area contributed by atoms with E-state index < -0.39 is 59.5 Å². The van der Waals surface area contributed by atoms with Gasteiger partial charge in [0.2, 0.25) is 5.71 Å². The van der Waals surface area contributed by atoms with E-state index in [1.165, 1.54) is 7.11 Å². The molecule has 0 fully saturated rings. The second-order valence-corrected chi connectivity index (χ2v) is 5.78. The number of hydrogen-bond donors (Lipinski definition) is 1. The van der Waals surface area contributed by atoms with Crippen molar-refractivity contribution in [2.75, 3.05) is 20.3 Å². The summed E-state index contributed by atoms with van der Waals surface area (Å²) in [6.07, 6.45) is 0.203. The first-order chi connectivity index (χ1) is 11.6. The molecule has 0 bridgehead atoms. The molecule has 1 N–H and O–H groups in total. The average Bonchev–Trinajstić information content (AvgIpc) is 2.52. The molecular formula is C9H10N4O11S. The van der Waals surface area contributed by atoms with Crippen LogP contribution in [0, 0.1) is 30.3 Å². The van der Waals surface area contributed by atoms with Crippen LogP contribution in [0.25, 0.3) is 0 Å². The van der Waals surface area contributed by atoms with Crippen LogP contribution in [-0.2, 0) is 19.0 Å². The molecule has 0 radical (unpaired) electrons. The van der Waals surface area contributed by atoms with Gasteiger partial charge in [-0.05, 0) is 0 Å². The van der Waals surface area contributed by atoms with Crippen molar-refractivity contribution < 1.29 is 37.3 Å². The van der Waals surface area contributed by atoms with Crippen LogP contribution in [0.2, 0.25) is 0 Å². The van der Waals surface area contributed by atoms with Crippen LogP contribution in [0.4, 0.5) is 0 Å². The summed E-state index contributed by atoms with van der Waals surface area (Å²) < 4.78 is 33.2. The summed E-state index contributed by atoms with van der Waals surface area (Å²) in [6, 6.07) is -2.30. The Labute approximate surface area is 138 Å². The molecule has 1 rings (SSSR count). The molecule has 0 saturated carbocycles. The zero-order valence-electron chi connectivity index (χ0n) is 12.3. The minimum atomic E-state index is -5.10. The molecule has 0 aromatic heterocycles. The smallest absolute Gasteiger partial charge is 0.329 e. The quantitative estimate of drug-likeness (QED) is 0.179. The third-order valence-electron chi connectivity index (χ3n) is 2.78. The molecule has 138 valence electrons. The highest BCUT2D eigenvalue weighted by molar-refractivity contribution is 7.91. The van der Waals surface area contributed by atoms with Gasteiger partial charge in [-0.25, -0.2) is 0 Å². The standard InChI is InChI=1S/C9H10N4O11S/c1-23-2-3-24-25(21,22)9-6(12(17)18)4-5(11(15)16)7(10-14)8(9)13(19)20/h4-5,14H,2-3H2,1H3. The van der Waals surface area contributed by atoms with E-state index in [9.17, 15) is 38.8 Å². The molecule has 0 aliphatic heterocycles. The average molecular weight is 382 g/mol. The predicted octanol–water partition coefficient (Wildman–Crippen LogP) is -0.883. The van der Waals surface area contributed by atoms with Gasteiger partial charge in [0.25, 0.3) is 10.9 Å². The van der Waals surface area contributed by atoms with Gasteiger partial charge in [0.05, 0.1) is 29.1 Å². The van der Waals surface area contributed by atoms with E-state index in [2.05, 4.69) is 14.1 Å². The summed E-state index contributed by atoms with van der Waals surface area (Å²) in [7, 11) is -3.91. The Balaban J connectivity index is 3.72. The normalized spacial score (nSPS) is 19.6. The minimum absolute atomic E-state index is 0.203. The van der Waals surface area contributed by atoms with Crippen molar-refractivity contribution in [3.8, 4) is 0 Å². The van der Waals surface area contributed by atoms with Crippen LogP contribution >= 0.6 is 0 Å². The summed E-state index contributed by atoms with van der Waals surface area (Å²) in [5.41, 5.74) is -4.37. The molecule has 0 spiro atoms. The van der Waals surface area contributed by atoms with Crippen LogP contribution in [-0.4, -0.2) is 60.5 Å². The number of hydrogen-bond acceptors (Lipinski definition) is 12. The summed E-state index contributed by atoms with van der Waals surface area (Å²) in [4.78, 5) is 27.6. The Morgan fingerprint density at radius 1 is 1.20 bits per heavy atom. The summed E-state index contributed by atoms with van der Waals surface area (Å²) >= 11 is 0. The maximum atomic E-state index is 12.1. The molecule has 0 saturated heterocycles. The molecule has 1 aliphatic carbocycles. The SMILES string of the molecule is COCCOS(=O)(=O)C1=C([N+](=O)[O-])C(=NO)C([N+](=O)[O-])C=C1[N+](=O)[O-]. The van der Waals surface area contributed by atoms with Crippen molar-refractivity contribution in [3.05, 3.63) is 52.7 Å². The lowest BCUT2D eigenvalue weighted by atomic mass is 10.0. The van der Waals surface area contributed by atoms with Crippen LogP contribution in [0.15, 0.2) is 27.5 Å². The number of nitro groups is 3. The van der Waals surface area contributed by atoms with Crippen LogP contribution in [0.1, 0.15) is 0 Å². The fourth-order valence-electron chi connectivity index (χ4n) is 1.80. The first-order valence-electron chi connectivity index (χ1n) is 6.07. The van der Waals surface area contributed by atoms with Crippen LogP contribution in [0.5, 0.6) is 0 Å². The third-order valence-corrected chi connectivity index (χ3v) is 4.16. The number of ether oxygens (including phenoxy) is 1. The lowest BCUT2D eigenvalue weighted by Crippen LogP contribution is -2.38. The zero-order valence-corrected chi connectivity index (χ0v) is 13.1. The van der Waals surface area contributed by atoms with Gasteiger partial charge in [-0.2, -0.15) is 8.42 Å². The zero-order chi connectivity index (χ0) is 19.4. The van der Waals surface area contributed by atoms with E-state index >= 15 is 0 Å². The molecule has 0 amide bonds. The largest absolute Gasteiger partial charge is 0.410 e. The molecule has 0 aromatic carbocycles. The fourth-order valence-corrected chi connectivity index (χ4v) is 3.02. The maximum absolute atomic E-state index is 12.1. The Morgan fingerprint density at radius 3 is 2.20 bits per heavy atom. The van der Waals surface area contributed by atoms with Crippen molar-refractivity contribution in [2.24, 2.45) is 5.16 Å². The van der Waals surface area contributed by atoms with Gasteiger partial charge in [-0.15, -0.1) is 0 Å². The number of oxime groups is 1. The van der Waals surface area contributed by atoms with Crippen molar-refractivity contribution in [3.63, 3.8) is 0 Å². The first kappa shape index (κ1) is 20.1. The highest BCUT2D eigenvalue weighted by Gasteiger charge is 2.52. The molecule has 16 heteroatoms. The van der Waals surface area contributed by atoms with E-state index in [0.717, 1.165) is 0 Å². The summed E-state index contributed by atoms with van der Waals surface area (Å²) in [6.45, 7) is -0.904. The Kier molecular flexibility index (Phi) is 6.20. The van der Waals surface area contributed by atoms with Gasteiger partial charge in [0.15, 0.2) is 0 Å². The lowest BCUT2D eigenvalue weighted by molar-refractivity contribution is -0.497. The topological polar surface area (TPSA) is 215 Å². The summed E-state index contributed by atoms with van der Waals surface area (Å²) in [5.74, 6) is 0. The van der Waals surface area contributed by atoms with Gasteiger partial charge in [-0.1, -0.05) is 5.16 Å². The van der Waals surface area contributed by atoms with Gasteiger partial charge in [-0.3, -0.25) is 34.5 Å². The highest BCUT2D eigenvalue weighted by atomic mass is 32.2. The van der Waals surface area contributed by atoms with Gasteiger partial charge in [0.1, 0.15) is 0 Å². The highest BCUT2D eigenvalue weighted by Crippen LogP contribution is 2.31. The Hall–Kier alpha value is -2.98. The van der Waals surface area contributed by atoms with Crippen molar-refractivity contribution in [2.45, 2.75) is 6.04 Å². The molecule has 1 aliphatic rings. The second-order valence-electron chi connectivity index (χ2n) is 4.23. The molecule has 0 heterocycles. The Bertz CT molecular complexity index is 796.